The predicted molar refractivity (Wildman–Crippen MR) is 96.5 cm³/mol. The molecule has 3 rings (SSSR count). The zero-order valence-electron chi connectivity index (χ0n) is 16.0. The second-order valence-electron chi connectivity index (χ2n) is 7.27. The van der Waals surface area contributed by atoms with Crippen LogP contribution in [0, 0.1) is 13.8 Å². The number of hydrogen-bond acceptors (Lipinski definition) is 4. The lowest BCUT2D eigenvalue weighted by atomic mass is 10.1. The van der Waals surface area contributed by atoms with E-state index in [1.807, 2.05) is 37.9 Å². The minimum Gasteiger partial charge on any atom is -0.466 e. The molecule has 1 atom stereocenters. The van der Waals surface area contributed by atoms with Gasteiger partial charge in [0.2, 0.25) is 0 Å². The van der Waals surface area contributed by atoms with Gasteiger partial charge in [-0.15, -0.1) is 0 Å². The maximum Gasteiger partial charge on any atom is 0.258 e. The van der Waals surface area contributed by atoms with Crippen molar-refractivity contribution in [3.05, 3.63) is 40.9 Å². The van der Waals surface area contributed by atoms with Gasteiger partial charge in [0, 0.05) is 31.9 Å². The molecule has 0 spiro atoms. The molecule has 1 amide bonds. The summed E-state index contributed by atoms with van der Waals surface area (Å²) in [5, 5.41) is 0. The highest BCUT2D eigenvalue weighted by atomic mass is 16.3. The summed E-state index contributed by atoms with van der Waals surface area (Å²) in [5.74, 6) is 2.44. The van der Waals surface area contributed by atoms with Crippen LogP contribution >= 0.6 is 0 Å². The molecule has 0 saturated heterocycles. The molecule has 0 aliphatic carbocycles. The molecule has 1 aliphatic rings. The van der Waals surface area contributed by atoms with Crippen LogP contribution in [0.3, 0.4) is 0 Å². The summed E-state index contributed by atoms with van der Waals surface area (Å²) in [6.45, 7) is 12.5. The fourth-order valence-corrected chi connectivity index (χ4v) is 3.40. The van der Waals surface area contributed by atoms with Crippen molar-refractivity contribution in [3.63, 3.8) is 0 Å². The zero-order valence-corrected chi connectivity index (χ0v) is 16.0. The van der Waals surface area contributed by atoms with Crippen molar-refractivity contribution in [2.24, 2.45) is 0 Å². The molecular weight excluding hydrogens is 316 g/mol. The van der Waals surface area contributed by atoms with E-state index in [2.05, 4.69) is 35.3 Å². The van der Waals surface area contributed by atoms with Gasteiger partial charge in [0.25, 0.3) is 5.91 Å². The van der Waals surface area contributed by atoms with Crippen LogP contribution in [0.2, 0.25) is 0 Å². The molecule has 0 fully saturated rings. The summed E-state index contributed by atoms with van der Waals surface area (Å²) in [6.07, 6.45) is 1.95. The molecule has 6 nitrogen and oxygen atoms in total. The van der Waals surface area contributed by atoms with E-state index < -0.39 is 0 Å². The summed E-state index contributed by atoms with van der Waals surface area (Å²) in [7, 11) is 2.12. The Labute approximate surface area is 149 Å². The first kappa shape index (κ1) is 17.7. The first-order valence-electron chi connectivity index (χ1n) is 8.92. The molecule has 136 valence electrons. The van der Waals surface area contributed by atoms with Crippen molar-refractivity contribution in [2.45, 2.75) is 59.8 Å². The van der Waals surface area contributed by atoms with Crippen LogP contribution in [0.25, 0.3) is 0 Å². The van der Waals surface area contributed by atoms with E-state index in [0.29, 0.717) is 23.9 Å². The van der Waals surface area contributed by atoms with E-state index in [-0.39, 0.29) is 11.9 Å². The molecule has 3 heterocycles. The number of carbonyl (C=O) groups is 1. The lowest BCUT2D eigenvalue weighted by Crippen LogP contribution is -2.42. The molecule has 2 aromatic rings. The molecule has 2 aromatic heterocycles. The summed E-state index contributed by atoms with van der Waals surface area (Å²) in [6, 6.07) is 2.26. The highest BCUT2D eigenvalue weighted by Gasteiger charge is 2.32. The Morgan fingerprint density at radius 1 is 1.40 bits per heavy atom. The Morgan fingerprint density at radius 3 is 2.72 bits per heavy atom. The standard InChI is InChI=1S/C19H28N4O2/c1-12(2)21(6)11-16-10-20-18-14(4)22(7-8-23(16)18)19(24)17-9-13(3)25-15(17)5/h9-10,12,14H,7-8,11H2,1-6H3. The van der Waals surface area contributed by atoms with Crippen molar-refractivity contribution in [1.29, 1.82) is 0 Å². The van der Waals surface area contributed by atoms with E-state index in [1.165, 1.54) is 5.69 Å². The quantitative estimate of drug-likeness (QED) is 0.855. The Morgan fingerprint density at radius 2 is 2.12 bits per heavy atom. The van der Waals surface area contributed by atoms with E-state index in [9.17, 15) is 4.79 Å². The monoisotopic (exact) mass is 344 g/mol. The van der Waals surface area contributed by atoms with Crippen LogP contribution < -0.4 is 0 Å². The van der Waals surface area contributed by atoms with Gasteiger partial charge < -0.3 is 13.9 Å². The van der Waals surface area contributed by atoms with Crippen LogP contribution in [-0.2, 0) is 13.1 Å². The fourth-order valence-electron chi connectivity index (χ4n) is 3.40. The topological polar surface area (TPSA) is 54.5 Å². The zero-order chi connectivity index (χ0) is 18.3. The highest BCUT2D eigenvalue weighted by molar-refractivity contribution is 5.95. The third-order valence-corrected chi connectivity index (χ3v) is 5.20. The van der Waals surface area contributed by atoms with Gasteiger partial charge in [-0.2, -0.15) is 0 Å². The SMILES string of the molecule is Cc1cc(C(=O)N2CCn3c(CN(C)C(C)C)cnc3C2C)c(C)o1. The van der Waals surface area contributed by atoms with Gasteiger partial charge in [0.15, 0.2) is 0 Å². The summed E-state index contributed by atoms with van der Waals surface area (Å²) in [5.41, 5.74) is 1.87. The van der Waals surface area contributed by atoms with Crippen molar-refractivity contribution >= 4 is 5.91 Å². The number of hydrogen-bond donors (Lipinski definition) is 0. The maximum absolute atomic E-state index is 12.9. The number of aromatic nitrogens is 2. The largest absolute Gasteiger partial charge is 0.466 e. The third-order valence-electron chi connectivity index (χ3n) is 5.20. The van der Waals surface area contributed by atoms with Crippen LogP contribution in [0.4, 0.5) is 0 Å². The van der Waals surface area contributed by atoms with Crippen molar-refractivity contribution < 1.29 is 9.21 Å². The number of aryl methyl sites for hydroxylation is 2. The van der Waals surface area contributed by atoms with Crippen LogP contribution in [-0.4, -0.2) is 44.9 Å². The molecule has 0 saturated carbocycles. The number of rotatable bonds is 4. The summed E-state index contributed by atoms with van der Waals surface area (Å²) < 4.78 is 7.79. The first-order valence-corrected chi connectivity index (χ1v) is 8.92. The Bertz CT molecular complexity index is 774. The Hall–Kier alpha value is -2.08. The maximum atomic E-state index is 12.9. The molecule has 6 heteroatoms. The van der Waals surface area contributed by atoms with Crippen molar-refractivity contribution in [3.8, 4) is 0 Å². The predicted octanol–water partition coefficient (Wildman–Crippen LogP) is 3.15. The molecule has 0 radical (unpaired) electrons. The minimum atomic E-state index is -0.0473. The van der Waals surface area contributed by atoms with Gasteiger partial charge >= 0.3 is 0 Å². The number of amides is 1. The molecule has 1 unspecified atom stereocenters. The number of carbonyl (C=O) groups excluding carboxylic acids is 1. The number of nitrogens with zero attached hydrogens (tertiary/aromatic N) is 4. The Balaban J connectivity index is 1.82. The van der Waals surface area contributed by atoms with E-state index in [4.69, 9.17) is 4.42 Å². The van der Waals surface area contributed by atoms with Crippen molar-refractivity contribution in [1.82, 2.24) is 19.4 Å². The second-order valence-corrected chi connectivity index (χ2v) is 7.27. The van der Waals surface area contributed by atoms with Gasteiger partial charge in [0.05, 0.1) is 17.3 Å². The average Bonchev–Trinajstić information content (AvgIpc) is 3.10. The number of fused-ring (bicyclic) bond motifs is 1. The van der Waals surface area contributed by atoms with Crippen molar-refractivity contribution in [2.75, 3.05) is 13.6 Å². The first-order chi connectivity index (χ1) is 11.8. The minimum absolute atomic E-state index is 0.0250. The highest BCUT2D eigenvalue weighted by Crippen LogP contribution is 2.28. The lowest BCUT2D eigenvalue weighted by Gasteiger charge is -2.34. The molecule has 25 heavy (non-hydrogen) atoms. The second kappa shape index (κ2) is 6.67. The van der Waals surface area contributed by atoms with Crippen LogP contribution in [0.5, 0.6) is 0 Å². The summed E-state index contributed by atoms with van der Waals surface area (Å²) >= 11 is 0. The van der Waals surface area contributed by atoms with Crippen LogP contribution in [0.15, 0.2) is 16.7 Å². The van der Waals surface area contributed by atoms with Gasteiger partial charge in [-0.1, -0.05) is 0 Å². The van der Waals surface area contributed by atoms with E-state index in [1.54, 1.807) is 0 Å². The lowest BCUT2D eigenvalue weighted by molar-refractivity contribution is 0.0633. The summed E-state index contributed by atoms with van der Waals surface area (Å²) in [4.78, 5) is 21.8. The molecule has 0 N–H and O–H groups in total. The van der Waals surface area contributed by atoms with Crippen LogP contribution in [0.1, 0.15) is 60.2 Å². The number of furan rings is 1. The Kier molecular flexibility index (Phi) is 4.73. The van der Waals surface area contributed by atoms with E-state index >= 15 is 0 Å². The molecule has 0 aromatic carbocycles. The smallest absolute Gasteiger partial charge is 0.258 e. The fraction of sp³-hybridized carbons (Fsp3) is 0.579. The third kappa shape index (κ3) is 3.23. The molecule has 1 aliphatic heterocycles. The van der Waals surface area contributed by atoms with Gasteiger partial charge in [0.1, 0.15) is 17.3 Å². The van der Waals surface area contributed by atoms with E-state index in [0.717, 1.165) is 24.7 Å². The molecular formula is C19H28N4O2. The normalized spacial score (nSPS) is 17.4. The number of imidazole rings is 1. The molecule has 0 bridgehead atoms. The van der Waals surface area contributed by atoms with Gasteiger partial charge in [-0.3, -0.25) is 9.69 Å². The average molecular weight is 344 g/mol. The van der Waals surface area contributed by atoms with Gasteiger partial charge in [-0.25, -0.2) is 4.98 Å². The van der Waals surface area contributed by atoms with Gasteiger partial charge in [-0.05, 0) is 47.7 Å².